The summed E-state index contributed by atoms with van der Waals surface area (Å²) in [7, 11) is 0. The van der Waals surface area contributed by atoms with Gasteiger partial charge in [0, 0.05) is 41.9 Å². The van der Waals surface area contributed by atoms with Crippen molar-refractivity contribution < 1.29 is 0 Å². The number of hydrogen-bond acceptors (Lipinski definition) is 4. The van der Waals surface area contributed by atoms with E-state index in [1.165, 1.54) is 68.3 Å². The molecule has 4 heterocycles. The first-order valence-electron chi connectivity index (χ1n) is 17.8. The average Bonchev–Trinajstić information content (AvgIpc) is 3.91. The fourth-order valence-corrected chi connectivity index (χ4v) is 10.9. The number of benzene rings is 8. The third kappa shape index (κ3) is 4.15. The van der Waals surface area contributed by atoms with Crippen LogP contribution in [0, 0.1) is 0 Å². The van der Waals surface area contributed by atoms with Gasteiger partial charge in [-0.25, -0.2) is 9.97 Å². The number of hydrogen-bond donors (Lipinski definition) is 0. The third-order valence-electron chi connectivity index (χ3n) is 10.8. The summed E-state index contributed by atoms with van der Waals surface area (Å²) in [6, 6.07) is 59.1. The predicted octanol–water partition coefficient (Wildman–Crippen LogP) is 13.9. The summed E-state index contributed by atoms with van der Waals surface area (Å²) in [5.74, 6) is 0.844. The largest absolute Gasteiger partial charge is 0.290 e. The van der Waals surface area contributed by atoms with Gasteiger partial charge in [0.05, 0.1) is 15.7 Å². The van der Waals surface area contributed by atoms with Gasteiger partial charge >= 0.3 is 0 Å². The summed E-state index contributed by atoms with van der Waals surface area (Å²) in [5, 5.41) is 11.3. The van der Waals surface area contributed by atoms with Gasteiger partial charge in [0.15, 0.2) is 5.82 Å². The molecule has 5 heteroatoms. The van der Waals surface area contributed by atoms with Gasteiger partial charge in [-0.05, 0) is 50.9 Å². The number of thiophene rings is 2. The molecule has 0 amide bonds. The molecule has 0 unspecified atom stereocenters. The lowest BCUT2D eigenvalue weighted by Gasteiger charge is -2.14. The van der Waals surface area contributed by atoms with Crippen LogP contribution in [-0.4, -0.2) is 14.5 Å². The first-order chi connectivity index (χ1) is 26.3. The topological polar surface area (TPSA) is 30.7 Å². The van der Waals surface area contributed by atoms with Crippen molar-refractivity contribution in [3.05, 3.63) is 164 Å². The molecular weight excluding hydrogens is 683 g/mol. The molecular formula is C48H27N3S2. The Kier molecular flexibility index (Phi) is 6.09. The van der Waals surface area contributed by atoms with E-state index < -0.39 is 0 Å². The molecule has 0 bridgehead atoms. The summed E-state index contributed by atoms with van der Waals surface area (Å²) < 4.78 is 6.20. The highest BCUT2D eigenvalue weighted by atomic mass is 32.1. The van der Waals surface area contributed by atoms with E-state index in [4.69, 9.17) is 9.97 Å². The van der Waals surface area contributed by atoms with Gasteiger partial charge in [0.25, 0.3) is 0 Å². The zero-order valence-corrected chi connectivity index (χ0v) is 29.9. The Hall–Kier alpha value is -6.40. The van der Waals surface area contributed by atoms with E-state index in [2.05, 4.69) is 168 Å². The van der Waals surface area contributed by atoms with Gasteiger partial charge in [-0.3, -0.25) is 4.57 Å². The van der Waals surface area contributed by atoms with Crippen LogP contribution < -0.4 is 0 Å². The van der Waals surface area contributed by atoms with Crippen LogP contribution in [0.3, 0.4) is 0 Å². The number of para-hydroxylation sites is 1. The van der Waals surface area contributed by atoms with Crippen LogP contribution in [0.5, 0.6) is 0 Å². The molecule has 0 saturated heterocycles. The van der Waals surface area contributed by atoms with Crippen molar-refractivity contribution in [3.63, 3.8) is 0 Å². The highest BCUT2D eigenvalue weighted by molar-refractivity contribution is 7.27. The van der Waals surface area contributed by atoms with E-state index in [9.17, 15) is 0 Å². The molecule has 12 aromatic rings. The Morgan fingerprint density at radius 1 is 0.434 bits per heavy atom. The molecule has 0 aliphatic heterocycles. The Labute approximate surface area is 311 Å². The second-order valence-electron chi connectivity index (χ2n) is 13.7. The molecule has 0 spiro atoms. The Morgan fingerprint density at radius 3 is 1.98 bits per heavy atom. The lowest BCUT2D eigenvalue weighted by molar-refractivity contribution is 1.09. The number of fused-ring (bicyclic) bond motifs is 15. The molecule has 0 aliphatic carbocycles. The Balaban J connectivity index is 1.30. The van der Waals surface area contributed by atoms with E-state index in [0.29, 0.717) is 0 Å². The van der Waals surface area contributed by atoms with E-state index in [0.717, 1.165) is 43.9 Å². The van der Waals surface area contributed by atoms with Crippen molar-refractivity contribution >= 4 is 107 Å². The van der Waals surface area contributed by atoms with Crippen molar-refractivity contribution in [2.45, 2.75) is 0 Å². The molecule has 0 N–H and O–H groups in total. The molecule has 4 aromatic heterocycles. The molecule has 0 aliphatic rings. The van der Waals surface area contributed by atoms with E-state index in [1.807, 2.05) is 11.3 Å². The van der Waals surface area contributed by atoms with Gasteiger partial charge in [0.1, 0.15) is 16.0 Å². The van der Waals surface area contributed by atoms with Crippen molar-refractivity contribution in [2.24, 2.45) is 0 Å². The maximum Gasteiger partial charge on any atom is 0.165 e. The van der Waals surface area contributed by atoms with Crippen molar-refractivity contribution in [2.75, 3.05) is 0 Å². The van der Waals surface area contributed by atoms with E-state index >= 15 is 0 Å². The number of nitrogens with zero attached hydrogens (tertiary/aromatic N) is 3. The van der Waals surface area contributed by atoms with Gasteiger partial charge in [-0.15, -0.1) is 22.7 Å². The lowest BCUT2D eigenvalue weighted by Crippen LogP contribution is -2.03. The summed E-state index contributed by atoms with van der Waals surface area (Å²) >= 11 is 3.61. The van der Waals surface area contributed by atoms with Gasteiger partial charge in [-0.2, -0.15) is 0 Å². The first-order valence-corrected chi connectivity index (χ1v) is 19.5. The van der Waals surface area contributed by atoms with Crippen molar-refractivity contribution in [3.8, 4) is 28.2 Å². The number of aromatic nitrogens is 3. The van der Waals surface area contributed by atoms with Crippen LogP contribution in [-0.2, 0) is 0 Å². The second kappa shape index (κ2) is 11.1. The SMILES string of the molecule is c1ccc(-c2cccc(-c3nc4sc5ccccc5c4nc3-n3c4ccccc4c4c5ccccc5c5c6ccc7ccccc7c6sc5c43)c2)cc1. The molecule has 246 valence electrons. The minimum absolute atomic E-state index is 0.844. The minimum Gasteiger partial charge on any atom is -0.290 e. The fourth-order valence-electron chi connectivity index (χ4n) is 8.47. The van der Waals surface area contributed by atoms with Crippen LogP contribution in [0.2, 0.25) is 0 Å². The molecule has 0 atom stereocenters. The van der Waals surface area contributed by atoms with Gasteiger partial charge in [-0.1, -0.05) is 146 Å². The summed E-state index contributed by atoms with van der Waals surface area (Å²) in [4.78, 5) is 12.2. The normalized spacial score (nSPS) is 12.2. The van der Waals surface area contributed by atoms with Gasteiger partial charge in [0.2, 0.25) is 0 Å². The number of rotatable bonds is 3. The second-order valence-corrected chi connectivity index (χ2v) is 15.7. The van der Waals surface area contributed by atoms with E-state index in [-0.39, 0.29) is 0 Å². The molecule has 0 saturated carbocycles. The zero-order valence-electron chi connectivity index (χ0n) is 28.2. The summed E-state index contributed by atoms with van der Waals surface area (Å²) in [6.45, 7) is 0. The van der Waals surface area contributed by atoms with E-state index in [1.54, 1.807) is 11.3 Å². The standard InChI is InChI=1S/C48H27N3S2/c1-2-13-28(14-3-1)30-16-12-17-31(27-30)42-47(49-43-36-22-9-11-24-39(36)52-48(43)50-42)51-38-23-10-8-21-35(38)40-33-19-6-7-20-34(33)41-37-26-25-29-15-4-5-18-32(29)45(37)53-46(41)44(40)51/h1-27H. The predicted molar refractivity (Wildman–Crippen MR) is 228 cm³/mol. The van der Waals surface area contributed by atoms with Crippen LogP contribution in [0.4, 0.5) is 0 Å². The third-order valence-corrected chi connectivity index (χ3v) is 13.1. The minimum atomic E-state index is 0.844. The van der Waals surface area contributed by atoms with Crippen molar-refractivity contribution in [1.29, 1.82) is 0 Å². The van der Waals surface area contributed by atoms with Gasteiger partial charge < -0.3 is 0 Å². The molecule has 0 fully saturated rings. The smallest absolute Gasteiger partial charge is 0.165 e. The first kappa shape index (κ1) is 29.2. The van der Waals surface area contributed by atoms with Crippen molar-refractivity contribution in [1.82, 2.24) is 14.5 Å². The monoisotopic (exact) mass is 709 g/mol. The summed E-state index contributed by atoms with van der Waals surface area (Å²) in [5.41, 5.74) is 7.48. The molecule has 53 heavy (non-hydrogen) atoms. The van der Waals surface area contributed by atoms with Crippen LogP contribution in [0.25, 0.3) is 112 Å². The Morgan fingerprint density at radius 2 is 1.11 bits per heavy atom. The Bertz CT molecular complexity index is 3460. The molecule has 3 nitrogen and oxygen atoms in total. The molecule has 8 aromatic carbocycles. The quantitative estimate of drug-likeness (QED) is 0.183. The summed E-state index contributed by atoms with van der Waals surface area (Å²) in [6.07, 6.45) is 0. The highest BCUT2D eigenvalue weighted by Gasteiger charge is 2.26. The van der Waals surface area contributed by atoms with Crippen LogP contribution in [0.1, 0.15) is 0 Å². The molecule has 12 rings (SSSR count). The zero-order chi connectivity index (χ0) is 34.6. The highest BCUT2D eigenvalue weighted by Crippen LogP contribution is 2.50. The average molecular weight is 710 g/mol. The van der Waals surface area contributed by atoms with Crippen LogP contribution >= 0.6 is 22.7 Å². The maximum absolute atomic E-state index is 5.69. The molecule has 0 radical (unpaired) electrons. The fraction of sp³-hybridized carbons (Fsp3) is 0. The van der Waals surface area contributed by atoms with Crippen LogP contribution in [0.15, 0.2) is 164 Å². The maximum atomic E-state index is 5.69. The lowest BCUT2D eigenvalue weighted by atomic mass is 9.98.